The monoisotopic (exact) mass is 292 g/mol. The highest BCUT2D eigenvalue weighted by molar-refractivity contribution is 5.89. The van der Waals surface area contributed by atoms with Crippen molar-refractivity contribution in [3.63, 3.8) is 0 Å². The summed E-state index contributed by atoms with van der Waals surface area (Å²) >= 11 is 0. The second-order valence-electron chi connectivity index (χ2n) is 5.89. The molecule has 2 amide bonds. The van der Waals surface area contributed by atoms with Gasteiger partial charge in [0.2, 0.25) is 11.8 Å². The number of carbonyl (C=O) groups excluding carboxylic acids is 2. The standard InChI is InChI=1S/C13H20N6O2/c1-8(12-15-17-18-16-12)14-13(21)9-6-11(20)19(7-9)10-4-2-3-5-10/h8-10H,2-7H2,1H3,(H,14,21)(H,15,16,17,18). The summed E-state index contributed by atoms with van der Waals surface area (Å²) in [7, 11) is 0. The van der Waals surface area contributed by atoms with E-state index in [-0.39, 0.29) is 23.8 Å². The summed E-state index contributed by atoms with van der Waals surface area (Å²) < 4.78 is 0. The van der Waals surface area contributed by atoms with Crippen molar-refractivity contribution in [3.8, 4) is 0 Å². The molecular formula is C13H20N6O2. The van der Waals surface area contributed by atoms with Crippen molar-refractivity contribution in [2.45, 2.75) is 51.1 Å². The summed E-state index contributed by atoms with van der Waals surface area (Å²) in [5, 5.41) is 16.4. The summed E-state index contributed by atoms with van der Waals surface area (Å²) in [6.07, 6.45) is 4.81. The van der Waals surface area contributed by atoms with Crippen LogP contribution in [0.3, 0.4) is 0 Å². The maximum atomic E-state index is 12.3. The Hall–Kier alpha value is -1.99. The summed E-state index contributed by atoms with van der Waals surface area (Å²) in [5.41, 5.74) is 0. The van der Waals surface area contributed by atoms with Gasteiger partial charge in [-0.15, -0.1) is 10.2 Å². The maximum Gasteiger partial charge on any atom is 0.226 e. The molecule has 2 N–H and O–H groups in total. The van der Waals surface area contributed by atoms with Gasteiger partial charge in [0, 0.05) is 19.0 Å². The van der Waals surface area contributed by atoms with Crippen molar-refractivity contribution in [2.24, 2.45) is 5.92 Å². The molecule has 1 saturated carbocycles. The van der Waals surface area contributed by atoms with Crippen molar-refractivity contribution in [2.75, 3.05) is 6.54 Å². The van der Waals surface area contributed by atoms with Gasteiger partial charge in [-0.25, -0.2) is 0 Å². The summed E-state index contributed by atoms with van der Waals surface area (Å²) in [6, 6.07) is 0.0248. The van der Waals surface area contributed by atoms with Crippen LogP contribution < -0.4 is 5.32 Å². The third kappa shape index (κ3) is 2.88. The Morgan fingerprint density at radius 1 is 1.43 bits per heavy atom. The number of nitrogens with one attached hydrogen (secondary N) is 2. The van der Waals surface area contributed by atoms with Crippen LogP contribution in [0, 0.1) is 5.92 Å². The first-order chi connectivity index (χ1) is 10.1. The lowest BCUT2D eigenvalue weighted by Crippen LogP contribution is -2.37. The molecule has 1 aromatic heterocycles. The van der Waals surface area contributed by atoms with E-state index in [0.717, 1.165) is 12.8 Å². The first-order valence-electron chi connectivity index (χ1n) is 7.48. The highest BCUT2D eigenvalue weighted by Crippen LogP contribution is 2.29. The van der Waals surface area contributed by atoms with Gasteiger partial charge in [-0.05, 0) is 19.8 Å². The molecule has 3 rings (SSSR count). The highest BCUT2D eigenvalue weighted by Gasteiger charge is 2.39. The second-order valence-corrected chi connectivity index (χ2v) is 5.89. The molecule has 21 heavy (non-hydrogen) atoms. The average molecular weight is 292 g/mol. The van der Waals surface area contributed by atoms with E-state index in [1.807, 2.05) is 4.90 Å². The molecule has 0 aromatic carbocycles. The fourth-order valence-electron chi connectivity index (χ4n) is 3.22. The number of hydrogen-bond donors (Lipinski definition) is 2. The Morgan fingerprint density at radius 2 is 2.19 bits per heavy atom. The SMILES string of the molecule is CC(NC(=O)C1CC(=O)N(C2CCCC2)C1)c1nn[nH]n1. The van der Waals surface area contributed by atoms with E-state index in [0.29, 0.717) is 24.8 Å². The van der Waals surface area contributed by atoms with Crippen molar-refractivity contribution < 1.29 is 9.59 Å². The van der Waals surface area contributed by atoms with Gasteiger partial charge in [-0.2, -0.15) is 5.21 Å². The summed E-state index contributed by atoms with van der Waals surface area (Å²) in [5.74, 6) is 0.170. The lowest BCUT2D eigenvalue weighted by molar-refractivity contribution is -0.130. The molecule has 2 atom stereocenters. The van der Waals surface area contributed by atoms with E-state index in [4.69, 9.17) is 0 Å². The van der Waals surface area contributed by atoms with Crippen LogP contribution in [0.15, 0.2) is 0 Å². The summed E-state index contributed by atoms with van der Waals surface area (Å²) in [6.45, 7) is 2.34. The number of aromatic amines is 1. The number of nitrogens with zero attached hydrogens (tertiary/aromatic N) is 4. The molecule has 1 saturated heterocycles. The molecular weight excluding hydrogens is 272 g/mol. The molecule has 1 aliphatic carbocycles. The number of amides is 2. The lowest BCUT2D eigenvalue weighted by Gasteiger charge is -2.24. The maximum absolute atomic E-state index is 12.3. The predicted octanol–water partition coefficient (Wildman–Crippen LogP) is 0.168. The van der Waals surface area contributed by atoms with Crippen molar-refractivity contribution in [1.29, 1.82) is 0 Å². The zero-order valence-corrected chi connectivity index (χ0v) is 12.1. The average Bonchev–Trinajstić information content (AvgIpc) is 3.20. The minimum absolute atomic E-state index is 0.106. The zero-order chi connectivity index (χ0) is 14.8. The Balaban J connectivity index is 1.57. The number of H-pyrrole nitrogens is 1. The van der Waals surface area contributed by atoms with Crippen LogP contribution >= 0.6 is 0 Å². The third-order valence-electron chi connectivity index (χ3n) is 4.40. The number of rotatable bonds is 4. The minimum atomic E-state index is -0.313. The molecule has 114 valence electrons. The smallest absolute Gasteiger partial charge is 0.226 e. The van der Waals surface area contributed by atoms with Crippen LogP contribution in [-0.4, -0.2) is 49.9 Å². The first-order valence-corrected chi connectivity index (χ1v) is 7.48. The number of hydrogen-bond acceptors (Lipinski definition) is 5. The molecule has 0 radical (unpaired) electrons. The molecule has 1 aliphatic heterocycles. The van der Waals surface area contributed by atoms with Crippen molar-refractivity contribution in [3.05, 3.63) is 5.82 Å². The Labute approximate surface area is 122 Å². The van der Waals surface area contributed by atoms with E-state index in [1.54, 1.807) is 6.92 Å². The van der Waals surface area contributed by atoms with E-state index in [2.05, 4.69) is 25.9 Å². The lowest BCUT2D eigenvalue weighted by atomic mass is 10.1. The van der Waals surface area contributed by atoms with Gasteiger partial charge in [-0.3, -0.25) is 9.59 Å². The van der Waals surface area contributed by atoms with Gasteiger partial charge in [0.25, 0.3) is 0 Å². The van der Waals surface area contributed by atoms with Crippen LogP contribution in [0.4, 0.5) is 0 Å². The zero-order valence-electron chi connectivity index (χ0n) is 12.1. The van der Waals surface area contributed by atoms with Crippen LogP contribution in [0.5, 0.6) is 0 Å². The number of aromatic nitrogens is 4. The normalized spacial score (nSPS) is 24.5. The quantitative estimate of drug-likeness (QED) is 0.823. The molecule has 2 fully saturated rings. The molecule has 2 unspecified atom stereocenters. The summed E-state index contributed by atoms with van der Waals surface area (Å²) in [4.78, 5) is 26.3. The van der Waals surface area contributed by atoms with Crippen molar-refractivity contribution in [1.82, 2.24) is 30.8 Å². The van der Waals surface area contributed by atoms with E-state index in [1.165, 1.54) is 12.8 Å². The van der Waals surface area contributed by atoms with Gasteiger partial charge in [-0.1, -0.05) is 18.1 Å². The van der Waals surface area contributed by atoms with Crippen LogP contribution in [0.2, 0.25) is 0 Å². The number of tetrazole rings is 1. The van der Waals surface area contributed by atoms with Gasteiger partial charge in [0.1, 0.15) is 0 Å². The second kappa shape index (κ2) is 5.79. The fourth-order valence-corrected chi connectivity index (χ4v) is 3.22. The topological polar surface area (TPSA) is 104 Å². The van der Waals surface area contributed by atoms with Crippen LogP contribution in [-0.2, 0) is 9.59 Å². The minimum Gasteiger partial charge on any atom is -0.346 e. The Kier molecular flexibility index (Phi) is 3.85. The largest absolute Gasteiger partial charge is 0.346 e. The van der Waals surface area contributed by atoms with Gasteiger partial charge in [0.05, 0.1) is 12.0 Å². The molecule has 8 nitrogen and oxygen atoms in total. The fraction of sp³-hybridized carbons (Fsp3) is 0.769. The van der Waals surface area contributed by atoms with E-state index >= 15 is 0 Å². The Morgan fingerprint density at radius 3 is 2.86 bits per heavy atom. The third-order valence-corrected chi connectivity index (χ3v) is 4.40. The molecule has 8 heteroatoms. The Bertz CT molecular complexity index is 511. The molecule has 0 spiro atoms. The first kappa shape index (κ1) is 14.0. The highest BCUT2D eigenvalue weighted by atomic mass is 16.2. The molecule has 2 aliphatic rings. The van der Waals surface area contributed by atoms with E-state index < -0.39 is 0 Å². The van der Waals surface area contributed by atoms with Crippen molar-refractivity contribution >= 4 is 11.8 Å². The van der Waals surface area contributed by atoms with Crippen LogP contribution in [0.25, 0.3) is 0 Å². The van der Waals surface area contributed by atoms with Gasteiger partial charge >= 0.3 is 0 Å². The van der Waals surface area contributed by atoms with Crippen LogP contribution in [0.1, 0.15) is 50.9 Å². The van der Waals surface area contributed by atoms with E-state index in [9.17, 15) is 9.59 Å². The number of likely N-dealkylation sites (tertiary alicyclic amines) is 1. The van der Waals surface area contributed by atoms with Gasteiger partial charge < -0.3 is 10.2 Å². The molecule has 2 heterocycles. The van der Waals surface area contributed by atoms with Gasteiger partial charge in [0.15, 0.2) is 5.82 Å². The predicted molar refractivity (Wildman–Crippen MR) is 72.8 cm³/mol. The number of carbonyl (C=O) groups is 2. The molecule has 1 aromatic rings. The molecule has 0 bridgehead atoms.